The molecule has 0 saturated carbocycles. The molecule has 2 heterocycles. The van der Waals surface area contributed by atoms with Crippen LogP contribution in [0.5, 0.6) is 11.5 Å². The molecule has 5 nitrogen and oxygen atoms in total. The van der Waals surface area contributed by atoms with Crippen molar-refractivity contribution in [2.75, 3.05) is 26.8 Å². The Balaban J connectivity index is 1.44. The molecule has 0 unspecified atom stereocenters. The number of para-hydroxylation sites is 1. The topological polar surface area (TPSA) is 50.8 Å². The number of nitrogens with zero attached hydrogens (tertiary/aromatic N) is 1. The molecule has 4 rings (SSSR count). The van der Waals surface area contributed by atoms with E-state index in [1.165, 1.54) is 16.7 Å². The molecule has 190 valence electrons. The van der Waals surface area contributed by atoms with Gasteiger partial charge in [-0.3, -0.25) is 9.69 Å². The Morgan fingerprint density at radius 3 is 2.63 bits per heavy atom. The summed E-state index contributed by atoms with van der Waals surface area (Å²) < 4.78 is 11.8. The van der Waals surface area contributed by atoms with Crippen molar-refractivity contribution in [1.82, 2.24) is 10.2 Å². The van der Waals surface area contributed by atoms with E-state index in [0.29, 0.717) is 12.5 Å². The molecule has 0 aromatic heterocycles. The number of fused-ring (bicyclic) bond motifs is 1. The summed E-state index contributed by atoms with van der Waals surface area (Å²) in [5, 5.41) is 3.29. The Labute approximate surface area is 211 Å². The van der Waals surface area contributed by atoms with Gasteiger partial charge in [-0.05, 0) is 81.3 Å². The third-order valence-electron chi connectivity index (χ3n) is 7.85. The van der Waals surface area contributed by atoms with Crippen LogP contribution in [0, 0.1) is 5.41 Å². The van der Waals surface area contributed by atoms with E-state index < -0.39 is 0 Å². The zero-order valence-corrected chi connectivity index (χ0v) is 21.9. The van der Waals surface area contributed by atoms with Gasteiger partial charge in [0.15, 0.2) is 0 Å². The number of nitrogens with one attached hydrogen (secondary N) is 1. The van der Waals surface area contributed by atoms with Crippen LogP contribution in [0.2, 0.25) is 0 Å². The van der Waals surface area contributed by atoms with Crippen LogP contribution in [0.1, 0.15) is 75.5 Å². The molecule has 1 amide bonds. The molecular weight excluding hydrogens is 436 g/mol. The van der Waals surface area contributed by atoms with Crippen LogP contribution < -0.4 is 14.8 Å². The fourth-order valence-electron chi connectivity index (χ4n) is 5.52. The number of carbonyl (C=O) groups is 1. The Kier molecular flexibility index (Phi) is 8.38. The van der Waals surface area contributed by atoms with Gasteiger partial charge in [0.05, 0.1) is 18.6 Å². The summed E-state index contributed by atoms with van der Waals surface area (Å²) in [7, 11) is 1.75. The van der Waals surface area contributed by atoms with E-state index in [1.807, 2.05) is 19.1 Å². The van der Waals surface area contributed by atoms with Crippen molar-refractivity contribution in [1.29, 1.82) is 0 Å². The molecule has 2 aromatic rings. The Hall–Kier alpha value is -2.53. The van der Waals surface area contributed by atoms with Gasteiger partial charge in [0.25, 0.3) is 0 Å². The molecule has 2 aromatic carbocycles. The maximum atomic E-state index is 13.5. The summed E-state index contributed by atoms with van der Waals surface area (Å²) in [5.41, 5.74) is 3.56. The highest BCUT2D eigenvalue weighted by Gasteiger charge is 2.41. The molecule has 1 saturated heterocycles. The van der Waals surface area contributed by atoms with Crippen LogP contribution in [0.25, 0.3) is 0 Å². The van der Waals surface area contributed by atoms with Gasteiger partial charge < -0.3 is 14.8 Å². The van der Waals surface area contributed by atoms with Crippen molar-refractivity contribution in [3.63, 3.8) is 0 Å². The lowest BCUT2D eigenvalue weighted by Crippen LogP contribution is -2.51. The number of ether oxygens (including phenoxy) is 2. The van der Waals surface area contributed by atoms with Crippen LogP contribution in [0.3, 0.4) is 0 Å². The average Bonchev–Trinajstić information content (AvgIpc) is 2.86. The van der Waals surface area contributed by atoms with Crippen LogP contribution in [-0.2, 0) is 17.8 Å². The molecule has 1 N–H and O–H groups in total. The summed E-state index contributed by atoms with van der Waals surface area (Å²) in [5.74, 6) is 2.60. The van der Waals surface area contributed by atoms with Gasteiger partial charge in [-0.15, -0.1) is 0 Å². The highest BCUT2D eigenvalue weighted by molar-refractivity contribution is 5.83. The van der Waals surface area contributed by atoms with Crippen molar-refractivity contribution in [2.45, 2.75) is 77.8 Å². The molecule has 35 heavy (non-hydrogen) atoms. The first kappa shape index (κ1) is 25.6. The van der Waals surface area contributed by atoms with Crippen LogP contribution >= 0.6 is 0 Å². The number of methoxy groups -OCH3 is 1. The summed E-state index contributed by atoms with van der Waals surface area (Å²) in [6.07, 6.45) is 5.88. The number of carbonyl (C=O) groups excluding carboxylic acids is 1. The third kappa shape index (κ3) is 6.19. The zero-order valence-electron chi connectivity index (χ0n) is 21.9. The number of benzene rings is 2. The van der Waals surface area contributed by atoms with Gasteiger partial charge >= 0.3 is 0 Å². The van der Waals surface area contributed by atoms with Crippen molar-refractivity contribution < 1.29 is 14.3 Å². The van der Waals surface area contributed by atoms with Gasteiger partial charge in [0.1, 0.15) is 18.1 Å². The maximum absolute atomic E-state index is 13.5. The summed E-state index contributed by atoms with van der Waals surface area (Å²) >= 11 is 0. The van der Waals surface area contributed by atoms with Crippen molar-refractivity contribution >= 4 is 5.91 Å². The van der Waals surface area contributed by atoms with Gasteiger partial charge in [-0.2, -0.15) is 0 Å². The van der Waals surface area contributed by atoms with E-state index in [4.69, 9.17) is 9.47 Å². The number of hydrogen-bond acceptors (Lipinski definition) is 4. The van der Waals surface area contributed by atoms with E-state index in [1.54, 1.807) is 7.11 Å². The van der Waals surface area contributed by atoms with E-state index in [0.717, 1.165) is 69.7 Å². The average molecular weight is 479 g/mol. The van der Waals surface area contributed by atoms with Crippen molar-refractivity contribution in [3.8, 4) is 11.5 Å². The van der Waals surface area contributed by atoms with Gasteiger partial charge in [-0.1, -0.05) is 50.6 Å². The normalized spacial score (nSPS) is 21.4. The number of aryl methyl sites for hydroxylation is 1. The lowest BCUT2D eigenvalue weighted by molar-refractivity contribution is -0.135. The monoisotopic (exact) mass is 478 g/mol. The second-order valence-corrected chi connectivity index (χ2v) is 10.8. The molecular formula is C30H42N2O3. The smallest absolute Gasteiger partial charge is 0.226 e. The number of amides is 1. The quantitative estimate of drug-likeness (QED) is 0.611. The van der Waals surface area contributed by atoms with Crippen molar-refractivity contribution in [3.05, 3.63) is 59.2 Å². The standard InChI is InChI=1S/C30H42N2O3/c1-22(2)25-12-13-27(34-4)26(19-25)20-32-17-15-30(16-18-32)14-8-7-10-24-9-5-6-11-28(24)35-21-23(3)31-29(30)33/h5-6,9,11-13,19,22-23H,7-8,10,14-18,20-21H2,1-4H3,(H,31,33)/t23-/m1/s1. The second kappa shape index (κ2) is 11.5. The first-order chi connectivity index (χ1) is 16.9. The summed E-state index contributed by atoms with van der Waals surface area (Å²) in [4.78, 5) is 16.0. The zero-order chi connectivity index (χ0) is 24.8. The summed E-state index contributed by atoms with van der Waals surface area (Å²) in [6, 6.07) is 14.8. The van der Waals surface area contributed by atoms with Gasteiger partial charge in [0.2, 0.25) is 5.91 Å². The minimum atomic E-state index is -0.284. The molecule has 5 heteroatoms. The maximum Gasteiger partial charge on any atom is 0.226 e. The van der Waals surface area contributed by atoms with Crippen molar-refractivity contribution in [2.24, 2.45) is 5.41 Å². The van der Waals surface area contributed by atoms with Gasteiger partial charge in [-0.25, -0.2) is 0 Å². The van der Waals surface area contributed by atoms with Crippen LogP contribution in [-0.4, -0.2) is 43.7 Å². The first-order valence-corrected chi connectivity index (χ1v) is 13.3. The largest absolute Gasteiger partial charge is 0.496 e. The minimum Gasteiger partial charge on any atom is -0.496 e. The van der Waals surface area contributed by atoms with E-state index >= 15 is 0 Å². The Morgan fingerprint density at radius 2 is 1.89 bits per heavy atom. The van der Waals surface area contributed by atoms with E-state index in [9.17, 15) is 4.79 Å². The van der Waals surface area contributed by atoms with E-state index in [-0.39, 0.29) is 17.4 Å². The first-order valence-electron chi connectivity index (χ1n) is 13.3. The number of rotatable bonds is 4. The minimum absolute atomic E-state index is 0.0204. The molecule has 1 atom stereocenters. The molecule has 2 aliphatic heterocycles. The molecule has 2 aliphatic rings. The fraction of sp³-hybridized carbons (Fsp3) is 0.567. The SMILES string of the molecule is COc1ccc(C(C)C)cc1CN1CCC2(CCCCc3ccccc3OC[C@@H](C)NC2=O)CC1. The Bertz CT molecular complexity index is 995. The molecule has 1 fully saturated rings. The summed E-state index contributed by atoms with van der Waals surface area (Å²) in [6.45, 7) is 9.71. The second-order valence-electron chi connectivity index (χ2n) is 10.8. The van der Waals surface area contributed by atoms with Gasteiger partial charge in [0, 0.05) is 12.1 Å². The third-order valence-corrected chi connectivity index (χ3v) is 7.85. The predicted octanol–water partition coefficient (Wildman–Crippen LogP) is 5.71. The molecule has 0 radical (unpaired) electrons. The lowest BCUT2D eigenvalue weighted by atomic mass is 9.73. The molecule has 0 bridgehead atoms. The molecule has 0 aliphatic carbocycles. The number of hydrogen-bond donors (Lipinski definition) is 1. The fourth-order valence-corrected chi connectivity index (χ4v) is 5.52. The van der Waals surface area contributed by atoms with Crippen LogP contribution in [0.15, 0.2) is 42.5 Å². The highest BCUT2D eigenvalue weighted by atomic mass is 16.5. The Morgan fingerprint density at radius 1 is 1.11 bits per heavy atom. The van der Waals surface area contributed by atoms with Crippen LogP contribution in [0.4, 0.5) is 0 Å². The highest BCUT2D eigenvalue weighted by Crippen LogP contribution is 2.39. The lowest BCUT2D eigenvalue weighted by Gasteiger charge is -2.41. The van der Waals surface area contributed by atoms with E-state index in [2.05, 4.69) is 54.4 Å². The number of piperidine rings is 1. The molecule has 1 spiro atoms. The number of likely N-dealkylation sites (tertiary alicyclic amines) is 1. The predicted molar refractivity (Wildman–Crippen MR) is 141 cm³/mol.